The molecule has 0 radical (unpaired) electrons. The quantitative estimate of drug-likeness (QED) is 0.710. The fourth-order valence-corrected chi connectivity index (χ4v) is 1.80. The van der Waals surface area contributed by atoms with Crippen LogP contribution < -0.4 is 11.1 Å². The summed E-state index contributed by atoms with van der Waals surface area (Å²) in [5.74, 6) is -0.0397. The standard InChI is InChI=1S/C11H15N3O2/c12-11(4-2-5-11)7-9(16)14-10-8(15)3-1-6-13-10/h1,3,6,15H,2,4-5,7,12H2,(H,13,14,16). The van der Waals surface area contributed by atoms with E-state index in [-0.39, 0.29) is 29.4 Å². The van der Waals surface area contributed by atoms with E-state index in [9.17, 15) is 9.90 Å². The molecule has 1 aromatic heterocycles. The summed E-state index contributed by atoms with van der Waals surface area (Å²) in [5.41, 5.74) is 5.60. The third-order valence-electron chi connectivity index (χ3n) is 2.91. The van der Waals surface area contributed by atoms with Gasteiger partial charge in [-0.25, -0.2) is 4.98 Å². The Morgan fingerprint density at radius 3 is 2.94 bits per heavy atom. The smallest absolute Gasteiger partial charge is 0.227 e. The summed E-state index contributed by atoms with van der Waals surface area (Å²) >= 11 is 0. The molecule has 86 valence electrons. The van der Waals surface area contributed by atoms with Crippen LogP contribution in [0, 0.1) is 0 Å². The van der Waals surface area contributed by atoms with Crippen molar-refractivity contribution in [3.63, 3.8) is 0 Å². The number of hydrogen-bond acceptors (Lipinski definition) is 4. The lowest BCUT2D eigenvalue weighted by atomic mass is 9.75. The zero-order chi connectivity index (χ0) is 11.6. The number of pyridine rings is 1. The monoisotopic (exact) mass is 221 g/mol. The van der Waals surface area contributed by atoms with Gasteiger partial charge in [-0.3, -0.25) is 4.79 Å². The highest BCUT2D eigenvalue weighted by Gasteiger charge is 2.34. The molecule has 4 N–H and O–H groups in total. The number of aromatic hydroxyl groups is 1. The van der Waals surface area contributed by atoms with Gasteiger partial charge in [0.25, 0.3) is 0 Å². The molecule has 0 saturated heterocycles. The van der Waals surface area contributed by atoms with Crippen molar-refractivity contribution in [2.45, 2.75) is 31.2 Å². The first-order chi connectivity index (χ1) is 7.59. The molecule has 2 rings (SSSR count). The van der Waals surface area contributed by atoms with Crippen LogP contribution in [0.15, 0.2) is 18.3 Å². The Kier molecular flexibility index (Phi) is 2.78. The van der Waals surface area contributed by atoms with E-state index in [2.05, 4.69) is 10.3 Å². The minimum atomic E-state index is -0.353. The molecule has 0 spiro atoms. The maximum Gasteiger partial charge on any atom is 0.227 e. The molecule has 0 bridgehead atoms. The van der Waals surface area contributed by atoms with Crippen LogP contribution in [0.3, 0.4) is 0 Å². The van der Waals surface area contributed by atoms with Gasteiger partial charge in [0.2, 0.25) is 5.91 Å². The highest BCUT2D eigenvalue weighted by Crippen LogP contribution is 2.32. The molecular weight excluding hydrogens is 206 g/mol. The van der Waals surface area contributed by atoms with Crippen LogP contribution >= 0.6 is 0 Å². The molecule has 5 heteroatoms. The lowest BCUT2D eigenvalue weighted by Crippen LogP contribution is -2.48. The molecule has 1 saturated carbocycles. The average Bonchev–Trinajstić information content (AvgIpc) is 2.19. The van der Waals surface area contributed by atoms with Gasteiger partial charge in [0.1, 0.15) is 0 Å². The first kappa shape index (κ1) is 10.9. The Morgan fingerprint density at radius 1 is 1.62 bits per heavy atom. The first-order valence-corrected chi connectivity index (χ1v) is 5.32. The second-order valence-electron chi connectivity index (χ2n) is 4.31. The molecule has 5 nitrogen and oxygen atoms in total. The van der Waals surface area contributed by atoms with Crippen molar-refractivity contribution in [2.24, 2.45) is 5.73 Å². The fraction of sp³-hybridized carbons (Fsp3) is 0.455. The predicted octanol–water partition coefficient (Wildman–Crippen LogP) is 0.997. The molecule has 0 unspecified atom stereocenters. The van der Waals surface area contributed by atoms with Crippen LogP contribution in [0.1, 0.15) is 25.7 Å². The highest BCUT2D eigenvalue weighted by molar-refractivity contribution is 5.91. The summed E-state index contributed by atoms with van der Waals surface area (Å²) in [5, 5.41) is 12.0. The first-order valence-electron chi connectivity index (χ1n) is 5.32. The molecule has 16 heavy (non-hydrogen) atoms. The summed E-state index contributed by atoms with van der Waals surface area (Å²) in [6.07, 6.45) is 4.64. The van der Waals surface area contributed by atoms with E-state index in [1.807, 2.05) is 0 Å². The van der Waals surface area contributed by atoms with Crippen molar-refractivity contribution in [1.29, 1.82) is 0 Å². The van der Waals surface area contributed by atoms with Gasteiger partial charge >= 0.3 is 0 Å². The SMILES string of the molecule is NC1(CC(=O)Nc2ncccc2O)CCC1. The number of carbonyl (C=O) groups excluding carboxylic acids is 1. The predicted molar refractivity (Wildman–Crippen MR) is 59.9 cm³/mol. The van der Waals surface area contributed by atoms with Gasteiger partial charge < -0.3 is 16.2 Å². The van der Waals surface area contributed by atoms with Crippen LogP contribution in [0.2, 0.25) is 0 Å². The number of amides is 1. The zero-order valence-electron chi connectivity index (χ0n) is 8.94. The summed E-state index contributed by atoms with van der Waals surface area (Å²) in [7, 11) is 0. The molecule has 0 aromatic carbocycles. The summed E-state index contributed by atoms with van der Waals surface area (Å²) in [6, 6.07) is 3.07. The summed E-state index contributed by atoms with van der Waals surface area (Å²) < 4.78 is 0. The maximum absolute atomic E-state index is 11.6. The number of hydrogen-bond donors (Lipinski definition) is 3. The lowest BCUT2D eigenvalue weighted by molar-refractivity contribution is -0.118. The Labute approximate surface area is 93.7 Å². The number of carbonyl (C=O) groups is 1. The molecule has 1 aliphatic carbocycles. The van der Waals surface area contributed by atoms with Gasteiger partial charge in [-0.15, -0.1) is 0 Å². The molecule has 1 aliphatic rings. The zero-order valence-corrected chi connectivity index (χ0v) is 8.94. The van der Waals surface area contributed by atoms with Gasteiger partial charge in [-0.2, -0.15) is 0 Å². The van der Waals surface area contributed by atoms with E-state index < -0.39 is 0 Å². The third kappa shape index (κ3) is 2.30. The fourth-order valence-electron chi connectivity index (χ4n) is 1.80. The normalized spacial score (nSPS) is 17.6. The Morgan fingerprint density at radius 2 is 2.38 bits per heavy atom. The van der Waals surface area contributed by atoms with Gasteiger partial charge in [-0.1, -0.05) is 0 Å². The molecule has 1 fully saturated rings. The molecule has 0 atom stereocenters. The average molecular weight is 221 g/mol. The summed E-state index contributed by atoms with van der Waals surface area (Å²) in [4.78, 5) is 15.5. The van der Waals surface area contributed by atoms with E-state index in [0.29, 0.717) is 0 Å². The lowest BCUT2D eigenvalue weighted by Gasteiger charge is -2.37. The van der Waals surface area contributed by atoms with Crippen molar-refractivity contribution >= 4 is 11.7 Å². The number of aromatic nitrogens is 1. The van der Waals surface area contributed by atoms with Gasteiger partial charge in [0, 0.05) is 18.2 Å². The second-order valence-corrected chi connectivity index (χ2v) is 4.31. The molecule has 1 amide bonds. The number of anilines is 1. The van der Waals surface area contributed by atoms with Crippen molar-refractivity contribution in [1.82, 2.24) is 4.98 Å². The largest absolute Gasteiger partial charge is 0.504 e. The number of nitrogens with zero attached hydrogens (tertiary/aromatic N) is 1. The molecule has 1 aromatic rings. The van der Waals surface area contributed by atoms with Gasteiger partial charge in [0.05, 0.1) is 0 Å². The van der Waals surface area contributed by atoms with Crippen LogP contribution in [0.4, 0.5) is 5.82 Å². The maximum atomic E-state index is 11.6. The summed E-state index contributed by atoms with van der Waals surface area (Å²) in [6.45, 7) is 0. The second kappa shape index (κ2) is 4.09. The van der Waals surface area contributed by atoms with Gasteiger partial charge in [-0.05, 0) is 31.4 Å². The van der Waals surface area contributed by atoms with E-state index in [4.69, 9.17) is 5.73 Å². The Hall–Kier alpha value is -1.62. The minimum absolute atomic E-state index is 0.0319. The highest BCUT2D eigenvalue weighted by atomic mass is 16.3. The number of nitrogens with two attached hydrogens (primary N) is 1. The Bertz CT molecular complexity index is 402. The van der Waals surface area contributed by atoms with E-state index >= 15 is 0 Å². The van der Waals surface area contributed by atoms with Crippen LogP contribution in [-0.4, -0.2) is 21.5 Å². The molecular formula is C11H15N3O2. The molecule has 1 heterocycles. The van der Waals surface area contributed by atoms with Crippen molar-refractivity contribution in [2.75, 3.05) is 5.32 Å². The van der Waals surface area contributed by atoms with Crippen LogP contribution in [0.5, 0.6) is 5.75 Å². The van der Waals surface area contributed by atoms with Crippen molar-refractivity contribution in [3.05, 3.63) is 18.3 Å². The van der Waals surface area contributed by atoms with Gasteiger partial charge in [0.15, 0.2) is 11.6 Å². The minimum Gasteiger partial charge on any atom is -0.504 e. The van der Waals surface area contributed by atoms with Crippen LogP contribution in [-0.2, 0) is 4.79 Å². The van der Waals surface area contributed by atoms with E-state index in [1.165, 1.54) is 12.3 Å². The van der Waals surface area contributed by atoms with E-state index in [0.717, 1.165) is 19.3 Å². The van der Waals surface area contributed by atoms with Crippen LogP contribution in [0.25, 0.3) is 0 Å². The number of rotatable bonds is 3. The molecule has 0 aliphatic heterocycles. The third-order valence-corrected chi connectivity index (χ3v) is 2.91. The topological polar surface area (TPSA) is 88.2 Å². The van der Waals surface area contributed by atoms with Crippen molar-refractivity contribution in [3.8, 4) is 5.75 Å². The van der Waals surface area contributed by atoms with Crippen molar-refractivity contribution < 1.29 is 9.90 Å². The number of nitrogens with one attached hydrogen (secondary N) is 1. The van der Waals surface area contributed by atoms with E-state index in [1.54, 1.807) is 6.07 Å². The Balaban J connectivity index is 1.95.